The van der Waals surface area contributed by atoms with E-state index in [-0.39, 0.29) is 11.7 Å². The van der Waals surface area contributed by atoms with Crippen LogP contribution in [0.2, 0.25) is 0 Å². The van der Waals surface area contributed by atoms with Crippen LogP contribution in [-0.2, 0) is 6.42 Å². The molecule has 1 aliphatic heterocycles. The molecule has 0 spiro atoms. The first-order valence-corrected chi connectivity index (χ1v) is 9.55. The second-order valence-corrected chi connectivity index (χ2v) is 8.18. The predicted molar refractivity (Wildman–Crippen MR) is 100 cm³/mol. The molecule has 0 bridgehead atoms. The summed E-state index contributed by atoms with van der Waals surface area (Å²) in [7, 11) is 3.14. The monoisotopic (exact) mass is 363 g/mol. The quantitative estimate of drug-likeness (QED) is 0.768. The molecule has 1 aliphatic carbocycles. The smallest absolute Gasteiger partial charge is 0.166 e. The molecule has 1 aromatic rings. The van der Waals surface area contributed by atoms with Crippen LogP contribution in [0.4, 0.5) is 4.39 Å². The Hall–Kier alpha value is -1.62. The SMILES string of the molecule is COc1cc2c(cc1OC)C(=O)C(CC1(F)CCN(CC(C)C)CC1)C2. The number of benzene rings is 1. The number of carbonyl (C=O) groups is 1. The number of likely N-dealkylation sites (tertiary alicyclic amines) is 1. The molecular formula is C21H30FNO3. The van der Waals surface area contributed by atoms with Gasteiger partial charge in [0.2, 0.25) is 0 Å². The van der Waals surface area contributed by atoms with E-state index >= 15 is 4.39 Å². The molecule has 0 N–H and O–H groups in total. The molecule has 0 saturated carbocycles. The Balaban J connectivity index is 1.67. The van der Waals surface area contributed by atoms with Gasteiger partial charge in [-0.1, -0.05) is 13.8 Å². The van der Waals surface area contributed by atoms with Crippen molar-refractivity contribution in [2.45, 2.75) is 45.2 Å². The fraction of sp³-hybridized carbons (Fsp3) is 0.667. The fourth-order valence-electron chi connectivity index (χ4n) is 4.36. The number of ether oxygens (including phenoxy) is 2. The van der Waals surface area contributed by atoms with E-state index in [0.717, 1.165) is 25.2 Å². The Morgan fingerprint density at radius 1 is 1.19 bits per heavy atom. The molecule has 0 amide bonds. The largest absolute Gasteiger partial charge is 0.493 e. The number of piperidine rings is 1. The van der Waals surface area contributed by atoms with Gasteiger partial charge in [-0.25, -0.2) is 4.39 Å². The van der Waals surface area contributed by atoms with E-state index in [9.17, 15) is 4.79 Å². The molecule has 0 aromatic heterocycles. The highest BCUT2D eigenvalue weighted by atomic mass is 19.1. The normalized spacial score (nSPS) is 22.5. The average molecular weight is 363 g/mol. The number of fused-ring (bicyclic) bond motifs is 1. The van der Waals surface area contributed by atoms with Gasteiger partial charge in [0.15, 0.2) is 17.3 Å². The maximum Gasteiger partial charge on any atom is 0.166 e. The van der Waals surface area contributed by atoms with Gasteiger partial charge in [0.05, 0.1) is 14.2 Å². The highest BCUT2D eigenvalue weighted by Crippen LogP contribution is 2.41. The van der Waals surface area contributed by atoms with Crippen molar-refractivity contribution in [1.29, 1.82) is 0 Å². The van der Waals surface area contributed by atoms with Gasteiger partial charge in [-0.3, -0.25) is 4.79 Å². The molecule has 1 saturated heterocycles. The summed E-state index contributed by atoms with van der Waals surface area (Å²) in [5.74, 6) is 1.54. The third-order valence-corrected chi connectivity index (χ3v) is 5.70. The first-order valence-electron chi connectivity index (χ1n) is 9.55. The summed E-state index contributed by atoms with van der Waals surface area (Å²) in [5, 5.41) is 0. The summed E-state index contributed by atoms with van der Waals surface area (Å²) in [6.45, 7) is 6.96. The predicted octanol–water partition coefficient (Wildman–Crippen LogP) is 3.91. The number of hydrogen-bond donors (Lipinski definition) is 0. The summed E-state index contributed by atoms with van der Waals surface area (Å²) in [4.78, 5) is 15.2. The van der Waals surface area contributed by atoms with E-state index in [1.807, 2.05) is 6.07 Å². The van der Waals surface area contributed by atoms with Gasteiger partial charge in [-0.2, -0.15) is 0 Å². The number of carbonyl (C=O) groups excluding carboxylic acids is 1. The number of hydrogen-bond acceptors (Lipinski definition) is 4. The summed E-state index contributed by atoms with van der Waals surface area (Å²) < 4.78 is 26.0. The van der Waals surface area contributed by atoms with Crippen molar-refractivity contribution < 1.29 is 18.7 Å². The second kappa shape index (κ2) is 7.55. The Morgan fingerprint density at radius 2 is 1.81 bits per heavy atom. The number of rotatable bonds is 6. The van der Waals surface area contributed by atoms with Crippen molar-refractivity contribution in [2.24, 2.45) is 11.8 Å². The van der Waals surface area contributed by atoms with Crippen molar-refractivity contribution in [1.82, 2.24) is 4.90 Å². The maximum atomic E-state index is 15.4. The van der Waals surface area contributed by atoms with Crippen molar-refractivity contribution in [2.75, 3.05) is 33.9 Å². The standard InChI is InChI=1S/C21H30FNO3/c1-14(2)13-23-7-5-21(22,6-8-23)12-16-9-15-10-18(25-3)19(26-4)11-17(15)20(16)24/h10-11,14,16H,5-9,12-13H2,1-4H3. The van der Waals surface area contributed by atoms with Crippen molar-refractivity contribution >= 4 is 5.78 Å². The molecule has 1 fully saturated rings. The molecule has 3 rings (SSSR count). The average Bonchev–Trinajstić information content (AvgIpc) is 2.90. The zero-order valence-electron chi connectivity index (χ0n) is 16.3. The number of ketones is 1. The van der Waals surface area contributed by atoms with E-state index in [1.165, 1.54) is 0 Å². The molecule has 1 atom stereocenters. The minimum atomic E-state index is -1.23. The molecule has 1 aromatic carbocycles. The van der Waals surface area contributed by atoms with E-state index in [0.29, 0.717) is 48.7 Å². The number of alkyl halides is 1. The van der Waals surface area contributed by atoms with E-state index in [1.54, 1.807) is 20.3 Å². The second-order valence-electron chi connectivity index (χ2n) is 8.18. The molecule has 1 unspecified atom stereocenters. The lowest BCUT2D eigenvalue weighted by molar-refractivity contribution is 0.0327. The topological polar surface area (TPSA) is 38.8 Å². The van der Waals surface area contributed by atoms with Gasteiger partial charge < -0.3 is 14.4 Å². The highest BCUT2D eigenvalue weighted by molar-refractivity contribution is 6.03. The molecule has 0 radical (unpaired) electrons. The highest BCUT2D eigenvalue weighted by Gasteiger charge is 2.41. The van der Waals surface area contributed by atoms with E-state index in [4.69, 9.17) is 9.47 Å². The maximum absolute atomic E-state index is 15.4. The lowest BCUT2D eigenvalue weighted by Gasteiger charge is -2.38. The number of halogens is 1. The number of Topliss-reactive ketones (excluding diaryl/α,β-unsaturated/α-hetero) is 1. The van der Waals surface area contributed by atoms with Gasteiger partial charge in [0.1, 0.15) is 5.67 Å². The molecule has 144 valence electrons. The molecule has 4 nitrogen and oxygen atoms in total. The van der Waals surface area contributed by atoms with Crippen LogP contribution in [0.25, 0.3) is 0 Å². The van der Waals surface area contributed by atoms with Gasteiger partial charge >= 0.3 is 0 Å². The van der Waals surface area contributed by atoms with Crippen LogP contribution in [0.15, 0.2) is 12.1 Å². The minimum Gasteiger partial charge on any atom is -0.493 e. The van der Waals surface area contributed by atoms with Gasteiger partial charge in [-0.15, -0.1) is 0 Å². The van der Waals surface area contributed by atoms with Crippen molar-refractivity contribution in [3.8, 4) is 11.5 Å². The molecule has 1 heterocycles. The summed E-state index contributed by atoms with van der Waals surface area (Å²) in [6, 6.07) is 3.61. The van der Waals surface area contributed by atoms with Gasteiger partial charge in [-0.05, 0) is 49.3 Å². The van der Waals surface area contributed by atoms with Crippen LogP contribution >= 0.6 is 0 Å². The zero-order valence-corrected chi connectivity index (χ0v) is 16.3. The summed E-state index contributed by atoms with van der Waals surface area (Å²) in [5.41, 5.74) is 0.372. The Morgan fingerprint density at radius 3 is 2.38 bits per heavy atom. The van der Waals surface area contributed by atoms with Gasteiger partial charge in [0.25, 0.3) is 0 Å². The lowest BCUT2D eigenvalue weighted by Crippen LogP contribution is -2.44. The van der Waals surface area contributed by atoms with Gasteiger partial charge in [0, 0.05) is 31.1 Å². The van der Waals surface area contributed by atoms with Crippen molar-refractivity contribution in [3.05, 3.63) is 23.3 Å². The fourth-order valence-corrected chi connectivity index (χ4v) is 4.36. The lowest BCUT2D eigenvalue weighted by atomic mass is 9.82. The molecule has 5 heteroatoms. The first kappa shape index (κ1) is 19.2. The first-order chi connectivity index (χ1) is 12.3. The third kappa shape index (κ3) is 3.88. The summed E-state index contributed by atoms with van der Waals surface area (Å²) >= 11 is 0. The van der Waals surface area contributed by atoms with Crippen LogP contribution in [-0.4, -0.2) is 50.2 Å². The zero-order chi connectivity index (χ0) is 18.9. The van der Waals surface area contributed by atoms with E-state index < -0.39 is 5.67 Å². The Kier molecular flexibility index (Phi) is 5.56. The van der Waals surface area contributed by atoms with Crippen LogP contribution in [0.3, 0.4) is 0 Å². The minimum absolute atomic E-state index is 0.0441. The van der Waals surface area contributed by atoms with Crippen LogP contribution in [0.5, 0.6) is 11.5 Å². The van der Waals surface area contributed by atoms with Crippen LogP contribution in [0.1, 0.15) is 49.0 Å². The third-order valence-electron chi connectivity index (χ3n) is 5.70. The Bertz CT molecular complexity index is 665. The molecule has 2 aliphatic rings. The van der Waals surface area contributed by atoms with Crippen molar-refractivity contribution in [3.63, 3.8) is 0 Å². The van der Waals surface area contributed by atoms with Crippen LogP contribution in [0, 0.1) is 11.8 Å². The summed E-state index contributed by atoms with van der Waals surface area (Å²) in [6.07, 6.45) is 1.95. The number of nitrogens with zero attached hydrogens (tertiary/aromatic N) is 1. The van der Waals surface area contributed by atoms with Crippen LogP contribution < -0.4 is 9.47 Å². The number of methoxy groups -OCH3 is 2. The van der Waals surface area contributed by atoms with E-state index in [2.05, 4.69) is 18.7 Å². The Labute approximate surface area is 155 Å². The molecule has 26 heavy (non-hydrogen) atoms. The molecular weight excluding hydrogens is 333 g/mol.